The minimum absolute atomic E-state index is 0.0351. The number of methoxy groups -OCH3 is 1. The third-order valence-electron chi connectivity index (χ3n) is 6.66. The quantitative estimate of drug-likeness (QED) is 0.422. The molecular weight excluding hydrogens is 448 g/mol. The molecule has 184 valence electrons. The van der Waals surface area contributed by atoms with Crippen LogP contribution < -0.4 is 14.2 Å². The van der Waals surface area contributed by atoms with E-state index in [-0.39, 0.29) is 18.1 Å². The minimum atomic E-state index is -0.613. The van der Waals surface area contributed by atoms with Crippen LogP contribution in [0.2, 0.25) is 0 Å². The molecule has 0 unspecified atom stereocenters. The molecule has 2 fully saturated rings. The van der Waals surface area contributed by atoms with Crippen molar-refractivity contribution in [2.24, 2.45) is 0 Å². The summed E-state index contributed by atoms with van der Waals surface area (Å²) in [6, 6.07) is 14.9. The molecule has 3 atom stereocenters. The first-order valence-corrected chi connectivity index (χ1v) is 11.9. The number of hydrogen-bond acceptors (Lipinski definition) is 7. The Hall–Kier alpha value is -3.52. The molecule has 2 aliphatic rings. The molecule has 35 heavy (non-hydrogen) atoms. The molecular formula is C27H30N2O6. The van der Waals surface area contributed by atoms with Crippen molar-refractivity contribution >= 4 is 5.91 Å². The Bertz CT molecular complexity index is 1150. The highest BCUT2D eigenvalue weighted by molar-refractivity contribution is 5.89. The number of ether oxygens (including phenoxy) is 4. The van der Waals surface area contributed by atoms with Crippen molar-refractivity contribution in [2.75, 3.05) is 20.3 Å². The van der Waals surface area contributed by atoms with Crippen molar-refractivity contribution in [2.45, 2.75) is 51.5 Å². The second-order valence-electron chi connectivity index (χ2n) is 8.95. The van der Waals surface area contributed by atoms with E-state index in [1.807, 2.05) is 61.2 Å². The average molecular weight is 479 g/mol. The molecule has 8 nitrogen and oxygen atoms in total. The summed E-state index contributed by atoms with van der Waals surface area (Å²) in [4.78, 5) is 15.0. The third-order valence-corrected chi connectivity index (χ3v) is 6.66. The van der Waals surface area contributed by atoms with Crippen LogP contribution in [0.1, 0.15) is 41.5 Å². The number of rotatable bonds is 9. The monoisotopic (exact) mass is 478 g/mol. The molecule has 0 radical (unpaired) electrons. The molecule has 0 bridgehead atoms. The lowest BCUT2D eigenvalue weighted by atomic mass is 9.89. The lowest BCUT2D eigenvalue weighted by Gasteiger charge is -2.47. The zero-order valence-electron chi connectivity index (χ0n) is 20.2. The summed E-state index contributed by atoms with van der Waals surface area (Å²) in [5, 5.41) is 3.97. The standard InChI is InChI=1S/C27H30N2O6/c1-17-24(18(2)35-28-17)16-33-20-11-9-19(10-12-20)25-26(34-22-7-4-6-21(14-22)31-3)27(30)29(25)15-23-8-5-13-32-23/h4,6-7,9-12,14,23,25-26H,5,8,13,15-16H2,1-3H3/t23-,25+,26+/m1/s1. The zero-order valence-corrected chi connectivity index (χ0v) is 20.2. The van der Waals surface area contributed by atoms with E-state index in [0.717, 1.165) is 47.8 Å². The number of β-lactam (4-membered cyclic amide) rings is 1. The number of likely N-dealkylation sites (tertiary alicyclic amines) is 1. The molecule has 1 aromatic heterocycles. The van der Waals surface area contributed by atoms with E-state index < -0.39 is 6.10 Å². The van der Waals surface area contributed by atoms with Gasteiger partial charge in [-0.15, -0.1) is 0 Å². The summed E-state index contributed by atoms with van der Waals surface area (Å²) in [6.07, 6.45) is 1.44. The first-order valence-electron chi connectivity index (χ1n) is 11.9. The molecule has 1 amide bonds. The Morgan fingerprint density at radius 2 is 1.89 bits per heavy atom. The van der Waals surface area contributed by atoms with Gasteiger partial charge in [0.05, 0.1) is 24.5 Å². The van der Waals surface area contributed by atoms with Crippen molar-refractivity contribution in [3.8, 4) is 17.2 Å². The van der Waals surface area contributed by atoms with Crippen molar-refractivity contribution in [3.05, 3.63) is 71.1 Å². The molecule has 0 saturated carbocycles. The number of benzene rings is 2. The van der Waals surface area contributed by atoms with E-state index in [9.17, 15) is 4.79 Å². The second-order valence-corrected chi connectivity index (χ2v) is 8.95. The van der Waals surface area contributed by atoms with Gasteiger partial charge in [0.2, 0.25) is 6.10 Å². The molecule has 0 spiro atoms. The highest BCUT2D eigenvalue weighted by Gasteiger charge is 2.51. The van der Waals surface area contributed by atoms with E-state index in [2.05, 4.69) is 5.16 Å². The minimum Gasteiger partial charge on any atom is -0.497 e. The van der Waals surface area contributed by atoms with E-state index in [0.29, 0.717) is 24.7 Å². The second kappa shape index (κ2) is 10.00. The van der Waals surface area contributed by atoms with Gasteiger partial charge >= 0.3 is 0 Å². The summed E-state index contributed by atoms with van der Waals surface area (Å²) < 4.78 is 28.4. The summed E-state index contributed by atoms with van der Waals surface area (Å²) in [5.74, 6) is 2.74. The lowest BCUT2D eigenvalue weighted by molar-refractivity contribution is -0.167. The Morgan fingerprint density at radius 3 is 2.57 bits per heavy atom. The van der Waals surface area contributed by atoms with Gasteiger partial charge in [0.15, 0.2) is 0 Å². The number of nitrogens with zero attached hydrogens (tertiary/aromatic N) is 2. The van der Waals surface area contributed by atoms with Gasteiger partial charge in [-0.3, -0.25) is 4.79 Å². The van der Waals surface area contributed by atoms with Crippen LogP contribution >= 0.6 is 0 Å². The van der Waals surface area contributed by atoms with Gasteiger partial charge < -0.3 is 28.4 Å². The average Bonchev–Trinajstić information content (AvgIpc) is 3.51. The van der Waals surface area contributed by atoms with Crippen LogP contribution in [0.3, 0.4) is 0 Å². The van der Waals surface area contributed by atoms with E-state index in [4.69, 9.17) is 23.5 Å². The summed E-state index contributed by atoms with van der Waals surface area (Å²) in [6.45, 7) is 5.47. The molecule has 3 heterocycles. The molecule has 2 saturated heterocycles. The van der Waals surface area contributed by atoms with Gasteiger partial charge in [-0.2, -0.15) is 0 Å². The number of aromatic nitrogens is 1. The summed E-state index contributed by atoms with van der Waals surface area (Å²) in [7, 11) is 1.61. The van der Waals surface area contributed by atoms with Crippen LogP contribution in [-0.4, -0.2) is 48.4 Å². The molecule has 5 rings (SSSR count). The first-order chi connectivity index (χ1) is 17.0. The zero-order chi connectivity index (χ0) is 24.4. The number of carbonyl (C=O) groups is 1. The van der Waals surface area contributed by atoms with Crippen molar-refractivity contribution in [1.82, 2.24) is 10.1 Å². The van der Waals surface area contributed by atoms with Crippen LogP contribution in [0.15, 0.2) is 53.1 Å². The Kier molecular flexibility index (Phi) is 6.63. The van der Waals surface area contributed by atoms with Crippen LogP contribution in [0.4, 0.5) is 0 Å². The highest BCUT2D eigenvalue weighted by atomic mass is 16.5. The lowest BCUT2D eigenvalue weighted by Crippen LogP contribution is -2.62. The molecule has 2 aliphatic heterocycles. The fourth-order valence-corrected chi connectivity index (χ4v) is 4.64. The topological polar surface area (TPSA) is 83.3 Å². The maximum atomic E-state index is 13.1. The molecule has 3 aromatic rings. The van der Waals surface area contributed by atoms with E-state index in [1.54, 1.807) is 13.2 Å². The number of hydrogen-bond donors (Lipinski definition) is 0. The number of amides is 1. The predicted molar refractivity (Wildman–Crippen MR) is 128 cm³/mol. The van der Waals surface area contributed by atoms with Gasteiger partial charge in [-0.05, 0) is 56.5 Å². The highest BCUT2D eigenvalue weighted by Crippen LogP contribution is 2.39. The van der Waals surface area contributed by atoms with Crippen LogP contribution in [0.25, 0.3) is 0 Å². The largest absolute Gasteiger partial charge is 0.497 e. The van der Waals surface area contributed by atoms with Crippen LogP contribution in [0.5, 0.6) is 17.2 Å². The van der Waals surface area contributed by atoms with Gasteiger partial charge in [-0.25, -0.2) is 0 Å². The van der Waals surface area contributed by atoms with Gasteiger partial charge in [0.1, 0.15) is 35.7 Å². The smallest absolute Gasteiger partial charge is 0.266 e. The fraction of sp³-hybridized carbons (Fsp3) is 0.407. The van der Waals surface area contributed by atoms with Crippen molar-refractivity contribution in [3.63, 3.8) is 0 Å². The van der Waals surface area contributed by atoms with Gasteiger partial charge in [0.25, 0.3) is 5.91 Å². The summed E-state index contributed by atoms with van der Waals surface area (Å²) in [5.41, 5.74) is 2.77. The van der Waals surface area contributed by atoms with E-state index in [1.165, 1.54) is 0 Å². The summed E-state index contributed by atoms with van der Waals surface area (Å²) >= 11 is 0. The van der Waals surface area contributed by atoms with Crippen molar-refractivity contribution < 1.29 is 28.3 Å². The number of aryl methyl sites for hydroxylation is 2. The Balaban J connectivity index is 1.33. The van der Waals surface area contributed by atoms with Crippen molar-refractivity contribution in [1.29, 1.82) is 0 Å². The third kappa shape index (κ3) is 4.84. The SMILES string of the molecule is COc1cccc(O[C@@H]2C(=O)N(C[C@H]3CCCO3)[C@H]2c2ccc(OCc3c(C)noc3C)cc2)c1. The Morgan fingerprint density at radius 1 is 1.09 bits per heavy atom. The van der Waals surface area contributed by atoms with Crippen LogP contribution in [0, 0.1) is 13.8 Å². The first kappa shape index (κ1) is 23.2. The molecule has 8 heteroatoms. The normalized spacial score (nSPS) is 21.6. The maximum absolute atomic E-state index is 13.1. The van der Waals surface area contributed by atoms with Gasteiger partial charge in [-0.1, -0.05) is 23.4 Å². The van der Waals surface area contributed by atoms with Crippen LogP contribution in [-0.2, 0) is 16.1 Å². The Labute approximate surface area is 204 Å². The van der Waals surface area contributed by atoms with E-state index >= 15 is 0 Å². The predicted octanol–water partition coefficient (Wildman–Crippen LogP) is 4.39. The molecule has 0 N–H and O–H groups in total. The molecule has 2 aromatic carbocycles. The molecule has 0 aliphatic carbocycles. The maximum Gasteiger partial charge on any atom is 0.266 e. The number of carbonyl (C=O) groups excluding carboxylic acids is 1. The van der Waals surface area contributed by atoms with Gasteiger partial charge in [0, 0.05) is 19.2 Å². The fourth-order valence-electron chi connectivity index (χ4n) is 4.64.